The quantitative estimate of drug-likeness (QED) is 0.619. The molecule has 1 atom stereocenters. The van der Waals surface area contributed by atoms with Gasteiger partial charge < -0.3 is 15.4 Å². The lowest BCUT2D eigenvalue weighted by molar-refractivity contribution is 0.177. The van der Waals surface area contributed by atoms with Crippen LogP contribution in [0.25, 0.3) is 0 Å². The van der Waals surface area contributed by atoms with Crippen LogP contribution < -0.4 is 10.6 Å². The number of methoxy groups -OCH3 is 1. The summed E-state index contributed by atoms with van der Waals surface area (Å²) >= 11 is 0. The first-order valence-electron chi connectivity index (χ1n) is 8.17. The number of guanidine groups is 1. The van der Waals surface area contributed by atoms with Gasteiger partial charge in [0.15, 0.2) is 11.8 Å². The molecule has 1 aliphatic heterocycles. The van der Waals surface area contributed by atoms with Crippen molar-refractivity contribution in [3.8, 4) is 0 Å². The van der Waals surface area contributed by atoms with Crippen molar-refractivity contribution in [2.45, 2.75) is 51.3 Å². The molecule has 122 valence electrons. The van der Waals surface area contributed by atoms with Gasteiger partial charge in [-0.2, -0.15) is 5.10 Å². The van der Waals surface area contributed by atoms with E-state index in [2.05, 4.69) is 25.7 Å². The van der Waals surface area contributed by atoms with E-state index in [9.17, 15) is 0 Å². The van der Waals surface area contributed by atoms with Gasteiger partial charge in [-0.3, -0.25) is 4.99 Å². The number of aliphatic imine (C=N–C) groups is 1. The summed E-state index contributed by atoms with van der Waals surface area (Å²) in [6, 6.07) is 0.345. The number of fused-ring (bicyclic) bond motifs is 1. The van der Waals surface area contributed by atoms with E-state index < -0.39 is 0 Å². The van der Waals surface area contributed by atoms with Gasteiger partial charge in [-0.15, -0.1) is 0 Å². The topological polar surface area (TPSA) is 76.4 Å². The second-order valence-corrected chi connectivity index (χ2v) is 6.19. The van der Waals surface area contributed by atoms with Crippen LogP contribution in [0.5, 0.6) is 0 Å². The number of nitrogens with zero attached hydrogens (tertiary/aromatic N) is 4. The molecule has 1 fully saturated rings. The lowest BCUT2D eigenvalue weighted by Crippen LogP contribution is -2.48. The number of aryl methyl sites for hydroxylation is 1. The summed E-state index contributed by atoms with van der Waals surface area (Å²) in [4.78, 5) is 8.84. The van der Waals surface area contributed by atoms with E-state index in [0.717, 1.165) is 49.5 Å². The maximum atomic E-state index is 5.10. The fraction of sp³-hybridized carbons (Fsp3) is 0.800. The zero-order valence-corrected chi connectivity index (χ0v) is 13.5. The minimum Gasteiger partial charge on any atom is -0.377 e. The van der Waals surface area contributed by atoms with Crippen LogP contribution in [-0.4, -0.2) is 47.5 Å². The van der Waals surface area contributed by atoms with E-state index in [1.165, 1.54) is 19.3 Å². The summed E-state index contributed by atoms with van der Waals surface area (Å²) in [5.41, 5.74) is 0. The molecule has 0 saturated heterocycles. The largest absolute Gasteiger partial charge is 0.377 e. The SMILES string of the molecule is CN=C(NCC1CCC1)NC1CCc2nc(COC)nn2C1. The van der Waals surface area contributed by atoms with Crippen LogP contribution in [0.4, 0.5) is 0 Å². The monoisotopic (exact) mass is 306 g/mol. The Kier molecular flexibility index (Phi) is 4.92. The Labute approximate surface area is 131 Å². The van der Waals surface area contributed by atoms with Gasteiger partial charge >= 0.3 is 0 Å². The Balaban J connectivity index is 1.51. The number of hydrogen-bond donors (Lipinski definition) is 2. The minimum atomic E-state index is 0.345. The van der Waals surface area contributed by atoms with E-state index >= 15 is 0 Å². The van der Waals surface area contributed by atoms with E-state index in [-0.39, 0.29) is 0 Å². The highest BCUT2D eigenvalue weighted by Gasteiger charge is 2.23. The Morgan fingerprint density at radius 1 is 1.41 bits per heavy atom. The molecule has 2 aliphatic rings. The molecule has 1 unspecified atom stereocenters. The van der Waals surface area contributed by atoms with Crippen molar-refractivity contribution in [2.75, 3.05) is 20.7 Å². The summed E-state index contributed by atoms with van der Waals surface area (Å²) in [5.74, 6) is 3.55. The molecule has 1 aromatic rings. The standard InChI is InChI=1S/C15H26N6O/c1-16-15(17-8-11-4-3-5-11)18-12-6-7-14-19-13(10-22-2)20-21(14)9-12/h11-12H,3-10H2,1-2H3,(H2,16,17,18). The molecular weight excluding hydrogens is 280 g/mol. The number of aromatic nitrogens is 3. The predicted octanol–water partition coefficient (Wildman–Crippen LogP) is 0.704. The molecule has 0 bridgehead atoms. The Morgan fingerprint density at radius 2 is 2.27 bits per heavy atom. The second-order valence-electron chi connectivity index (χ2n) is 6.19. The maximum Gasteiger partial charge on any atom is 0.191 e. The zero-order valence-electron chi connectivity index (χ0n) is 13.5. The lowest BCUT2D eigenvalue weighted by atomic mass is 9.85. The molecule has 22 heavy (non-hydrogen) atoms. The first-order chi connectivity index (χ1) is 10.8. The number of rotatable bonds is 5. The molecule has 0 amide bonds. The second kappa shape index (κ2) is 7.09. The van der Waals surface area contributed by atoms with Gasteiger partial charge in [-0.25, -0.2) is 9.67 Å². The molecule has 0 radical (unpaired) electrons. The van der Waals surface area contributed by atoms with Crippen LogP contribution >= 0.6 is 0 Å². The highest BCUT2D eigenvalue weighted by atomic mass is 16.5. The van der Waals surface area contributed by atoms with Gasteiger partial charge in [0, 0.05) is 33.2 Å². The molecule has 1 aliphatic carbocycles. The van der Waals surface area contributed by atoms with E-state index in [0.29, 0.717) is 12.6 Å². The molecule has 1 aromatic heterocycles. The van der Waals surface area contributed by atoms with Crippen LogP contribution in [-0.2, 0) is 24.3 Å². The fourth-order valence-corrected chi connectivity index (χ4v) is 2.99. The number of hydrogen-bond acceptors (Lipinski definition) is 4. The molecule has 0 spiro atoms. The van der Waals surface area contributed by atoms with Crippen molar-refractivity contribution in [1.29, 1.82) is 0 Å². The van der Waals surface area contributed by atoms with Crippen molar-refractivity contribution in [2.24, 2.45) is 10.9 Å². The van der Waals surface area contributed by atoms with Crippen molar-refractivity contribution >= 4 is 5.96 Å². The van der Waals surface area contributed by atoms with Crippen LogP contribution in [0.1, 0.15) is 37.3 Å². The Morgan fingerprint density at radius 3 is 2.95 bits per heavy atom. The van der Waals surface area contributed by atoms with Crippen LogP contribution in [0.2, 0.25) is 0 Å². The third kappa shape index (κ3) is 3.58. The smallest absolute Gasteiger partial charge is 0.191 e. The van der Waals surface area contributed by atoms with E-state index in [1.807, 2.05) is 11.7 Å². The van der Waals surface area contributed by atoms with Crippen LogP contribution in [0.3, 0.4) is 0 Å². The average molecular weight is 306 g/mol. The van der Waals surface area contributed by atoms with Crippen molar-refractivity contribution in [3.05, 3.63) is 11.6 Å². The highest BCUT2D eigenvalue weighted by molar-refractivity contribution is 5.79. The third-order valence-corrected chi connectivity index (χ3v) is 4.52. The summed E-state index contributed by atoms with van der Waals surface area (Å²) in [5, 5.41) is 11.5. The van der Waals surface area contributed by atoms with Gasteiger partial charge in [-0.05, 0) is 25.2 Å². The first-order valence-corrected chi connectivity index (χ1v) is 8.17. The molecule has 0 aromatic carbocycles. The normalized spacial score (nSPS) is 22.1. The minimum absolute atomic E-state index is 0.345. The Hall–Kier alpha value is -1.63. The fourth-order valence-electron chi connectivity index (χ4n) is 2.99. The molecule has 1 saturated carbocycles. The summed E-state index contributed by atoms with van der Waals surface area (Å²) in [6.45, 7) is 2.33. The number of ether oxygens (including phenoxy) is 1. The van der Waals surface area contributed by atoms with Gasteiger partial charge in [0.2, 0.25) is 0 Å². The average Bonchev–Trinajstić information content (AvgIpc) is 2.86. The molecule has 2 N–H and O–H groups in total. The maximum absolute atomic E-state index is 5.10. The van der Waals surface area contributed by atoms with Crippen molar-refractivity contribution < 1.29 is 4.74 Å². The Bertz CT molecular complexity index is 522. The first kappa shape index (κ1) is 15.3. The molecular formula is C15H26N6O. The summed E-state index contributed by atoms with van der Waals surface area (Å²) in [6.07, 6.45) is 6.05. The molecule has 7 nitrogen and oxygen atoms in total. The summed E-state index contributed by atoms with van der Waals surface area (Å²) in [7, 11) is 3.50. The van der Waals surface area contributed by atoms with Crippen molar-refractivity contribution in [3.63, 3.8) is 0 Å². The molecule has 2 heterocycles. The lowest BCUT2D eigenvalue weighted by Gasteiger charge is -2.28. The van der Waals surface area contributed by atoms with E-state index in [1.54, 1.807) is 7.11 Å². The molecule has 3 rings (SSSR count). The van der Waals surface area contributed by atoms with E-state index in [4.69, 9.17) is 4.74 Å². The third-order valence-electron chi connectivity index (χ3n) is 4.52. The van der Waals surface area contributed by atoms with Gasteiger partial charge in [-0.1, -0.05) is 6.42 Å². The van der Waals surface area contributed by atoms with Gasteiger partial charge in [0.1, 0.15) is 12.4 Å². The number of nitrogens with one attached hydrogen (secondary N) is 2. The predicted molar refractivity (Wildman–Crippen MR) is 84.7 cm³/mol. The van der Waals surface area contributed by atoms with Gasteiger partial charge in [0.05, 0.1) is 6.54 Å². The van der Waals surface area contributed by atoms with Crippen molar-refractivity contribution in [1.82, 2.24) is 25.4 Å². The van der Waals surface area contributed by atoms with Crippen LogP contribution in [0, 0.1) is 5.92 Å². The van der Waals surface area contributed by atoms with Gasteiger partial charge in [0.25, 0.3) is 0 Å². The summed E-state index contributed by atoms with van der Waals surface area (Å²) < 4.78 is 7.10. The zero-order chi connectivity index (χ0) is 15.4. The highest BCUT2D eigenvalue weighted by Crippen LogP contribution is 2.25. The van der Waals surface area contributed by atoms with Crippen LogP contribution in [0.15, 0.2) is 4.99 Å². The molecule has 7 heteroatoms.